The number of aromatic nitrogens is 1. The van der Waals surface area contributed by atoms with Crippen molar-refractivity contribution in [2.24, 2.45) is 5.92 Å². The zero-order valence-corrected chi connectivity index (χ0v) is 12.0. The number of aryl methyl sites for hydroxylation is 1. The van der Waals surface area contributed by atoms with Crippen LogP contribution in [-0.2, 0) is 6.54 Å². The normalized spacial score (nSPS) is 24.4. The second kappa shape index (κ2) is 5.65. The van der Waals surface area contributed by atoms with Crippen LogP contribution in [0.3, 0.4) is 0 Å². The molecule has 19 heavy (non-hydrogen) atoms. The third-order valence-electron chi connectivity index (χ3n) is 3.92. The second-order valence-corrected chi connectivity index (χ2v) is 5.55. The fourth-order valence-corrected chi connectivity index (χ4v) is 2.80. The summed E-state index contributed by atoms with van der Waals surface area (Å²) in [6.07, 6.45) is 2.82. The molecule has 0 spiro atoms. The number of rotatable bonds is 3. The Morgan fingerprint density at radius 3 is 2.95 bits per heavy atom. The number of nitrogens with one attached hydrogen (secondary N) is 1. The van der Waals surface area contributed by atoms with E-state index in [2.05, 4.69) is 24.2 Å². The number of nitrogen functional groups attached to an aromatic ring is 1. The lowest BCUT2D eigenvalue weighted by molar-refractivity contribution is 0.0874. The third kappa shape index (κ3) is 3.10. The van der Waals surface area contributed by atoms with Crippen LogP contribution < -0.4 is 11.1 Å². The van der Waals surface area contributed by atoms with Gasteiger partial charge in [0.2, 0.25) is 0 Å². The first-order valence-electron chi connectivity index (χ1n) is 6.96. The SMILES string of the molecule is CCn1cc(N)cc1C(=O)NC1CCN(C)CC1C. The monoisotopic (exact) mass is 264 g/mol. The highest BCUT2D eigenvalue weighted by Gasteiger charge is 2.26. The molecule has 0 radical (unpaired) electrons. The zero-order valence-electron chi connectivity index (χ0n) is 12.0. The van der Waals surface area contributed by atoms with E-state index in [0.29, 0.717) is 17.3 Å². The van der Waals surface area contributed by atoms with Gasteiger partial charge in [-0.1, -0.05) is 6.92 Å². The molecule has 3 N–H and O–H groups in total. The van der Waals surface area contributed by atoms with Crippen LogP contribution >= 0.6 is 0 Å². The van der Waals surface area contributed by atoms with Crippen molar-refractivity contribution in [3.8, 4) is 0 Å². The van der Waals surface area contributed by atoms with E-state index in [9.17, 15) is 4.79 Å². The first kappa shape index (κ1) is 13.9. The molecule has 1 aliphatic rings. The topological polar surface area (TPSA) is 63.3 Å². The molecule has 0 saturated carbocycles. The van der Waals surface area contributed by atoms with E-state index < -0.39 is 0 Å². The van der Waals surface area contributed by atoms with Crippen LogP contribution in [0.5, 0.6) is 0 Å². The van der Waals surface area contributed by atoms with Crippen LogP contribution in [0.4, 0.5) is 5.69 Å². The van der Waals surface area contributed by atoms with Gasteiger partial charge in [-0.3, -0.25) is 4.79 Å². The molecule has 2 atom stereocenters. The van der Waals surface area contributed by atoms with Crippen molar-refractivity contribution in [1.82, 2.24) is 14.8 Å². The molecule has 2 rings (SSSR count). The van der Waals surface area contributed by atoms with Crippen molar-refractivity contribution in [2.75, 3.05) is 25.9 Å². The number of carbonyl (C=O) groups is 1. The summed E-state index contributed by atoms with van der Waals surface area (Å²) in [5, 5.41) is 3.15. The number of likely N-dealkylation sites (tertiary alicyclic amines) is 1. The quantitative estimate of drug-likeness (QED) is 0.861. The highest BCUT2D eigenvalue weighted by atomic mass is 16.2. The first-order valence-corrected chi connectivity index (χ1v) is 6.96. The van der Waals surface area contributed by atoms with E-state index in [1.54, 1.807) is 6.07 Å². The van der Waals surface area contributed by atoms with Crippen molar-refractivity contribution in [3.63, 3.8) is 0 Å². The molecule has 1 fully saturated rings. The lowest BCUT2D eigenvalue weighted by atomic mass is 9.94. The smallest absolute Gasteiger partial charge is 0.268 e. The molecular formula is C14H24N4O. The molecule has 1 saturated heterocycles. The van der Waals surface area contributed by atoms with E-state index in [4.69, 9.17) is 5.73 Å². The molecule has 0 aromatic carbocycles. The van der Waals surface area contributed by atoms with Gasteiger partial charge in [0.05, 0.1) is 5.69 Å². The van der Waals surface area contributed by atoms with Crippen LogP contribution in [0.2, 0.25) is 0 Å². The van der Waals surface area contributed by atoms with Crippen LogP contribution in [0.1, 0.15) is 30.8 Å². The average molecular weight is 264 g/mol. The van der Waals surface area contributed by atoms with Gasteiger partial charge in [-0.25, -0.2) is 0 Å². The Morgan fingerprint density at radius 2 is 2.32 bits per heavy atom. The third-order valence-corrected chi connectivity index (χ3v) is 3.92. The Balaban J connectivity index is 2.04. The Morgan fingerprint density at radius 1 is 1.58 bits per heavy atom. The van der Waals surface area contributed by atoms with Crippen LogP contribution in [0.15, 0.2) is 12.3 Å². The van der Waals surface area contributed by atoms with Gasteiger partial charge in [-0.05, 0) is 38.9 Å². The predicted octanol–water partition coefficient (Wildman–Crippen LogP) is 1.16. The van der Waals surface area contributed by atoms with Gasteiger partial charge in [-0.15, -0.1) is 0 Å². The summed E-state index contributed by atoms with van der Waals surface area (Å²) < 4.78 is 1.89. The lowest BCUT2D eigenvalue weighted by Gasteiger charge is -2.35. The van der Waals surface area contributed by atoms with Crippen molar-refractivity contribution >= 4 is 11.6 Å². The summed E-state index contributed by atoms with van der Waals surface area (Å²) in [6, 6.07) is 2.00. The summed E-state index contributed by atoms with van der Waals surface area (Å²) in [5.74, 6) is 0.463. The number of piperidine rings is 1. The molecule has 1 aliphatic heterocycles. The Bertz CT molecular complexity index is 454. The maximum atomic E-state index is 12.3. The largest absolute Gasteiger partial charge is 0.397 e. The van der Waals surface area contributed by atoms with E-state index in [1.165, 1.54) is 0 Å². The standard InChI is InChI=1S/C14H24N4O/c1-4-18-9-11(15)7-13(18)14(19)16-12-5-6-17(3)8-10(12)2/h7,9-10,12H,4-6,8,15H2,1-3H3,(H,16,19). The van der Waals surface area contributed by atoms with E-state index in [-0.39, 0.29) is 11.9 Å². The summed E-state index contributed by atoms with van der Waals surface area (Å²) in [4.78, 5) is 14.6. The fraction of sp³-hybridized carbons (Fsp3) is 0.643. The highest BCUT2D eigenvalue weighted by Crippen LogP contribution is 2.17. The minimum Gasteiger partial charge on any atom is -0.397 e. The lowest BCUT2D eigenvalue weighted by Crippen LogP contribution is -2.49. The Labute approximate surface area is 114 Å². The minimum absolute atomic E-state index is 0.0139. The number of nitrogens with zero attached hydrogens (tertiary/aromatic N) is 2. The molecule has 0 aliphatic carbocycles. The van der Waals surface area contributed by atoms with Crippen LogP contribution in [0, 0.1) is 5.92 Å². The Hall–Kier alpha value is -1.49. The molecule has 5 nitrogen and oxygen atoms in total. The van der Waals surface area contributed by atoms with Crippen molar-refractivity contribution in [2.45, 2.75) is 32.9 Å². The number of amides is 1. The van der Waals surface area contributed by atoms with Crippen LogP contribution in [0.25, 0.3) is 0 Å². The van der Waals surface area contributed by atoms with E-state index >= 15 is 0 Å². The molecule has 5 heteroatoms. The summed E-state index contributed by atoms with van der Waals surface area (Å²) in [7, 11) is 2.12. The van der Waals surface area contributed by atoms with E-state index in [0.717, 1.165) is 26.1 Å². The molecule has 0 bridgehead atoms. The summed E-state index contributed by atoms with van der Waals surface area (Å²) >= 11 is 0. The zero-order chi connectivity index (χ0) is 14.0. The van der Waals surface area contributed by atoms with Gasteiger partial charge in [0.25, 0.3) is 5.91 Å². The molecule has 106 valence electrons. The van der Waals surface area contributed by atoms with Gasteiger partial charge in [0, 0.05) is 25.3 Å². The van der Waals surface area contributed by atoms with Gasteiger partial charge >= 0.3 is 0 Å². The minimum atomic E-state index is -0.0139. The highest BCUT2D eigenvalue weighted by molar-refractivity contribution is 5.94. The maximum absolute atomic E-state index is 12.3. The van der Waals surface area contributed by atoms with Gasteiger partial charge in [-0.2, -0.15) is 0 Å². The van der Waals surface area contributed by atoms with Crippen molar-refractivity contribution in [1.29, 1.82) is 0 Å². The molecule has 1 amide bonds. The van der Waals surface area contributed by atoms with Crippen molar-refractivity contribution in [3.05, 3.63) is 18.0 Å². The van der Waals surface area contributed by atoms with Crippen molar-refractivity contribution < 1.29 is 4.79 Å². The molecule has 2 heterocycles. The Kier molecular flexibility index (Phi) is 4.14. The fourth-order valence-electron chi connectivity index (χ4n) is 2.80. The summed E-state index contributed by atoms with van der Waals surface area (Å²) in [6.45, 7) is 7.01. The number of hydrogen-bond acceptors (Lipinski definition) is 3. The molecule has 1 aromatic heterocycles. The molecule has 2 unspecified atom stereocenters. The average Bonchev–Trinajstić information content (AvgIpc) is 2.74. The molecule has 1 aromatic rings. The van der Waals surface area contributed by atoms with Gasteiger partial charge < -0.3 is 20.5 Å². The number of anilines is 1. The maximum Gasteiger partial charge on any atom is 0.268 e. The van der Waals surface area contributed by atoms with Crippen LogP contribution in [-0.4, -0.2) is 41.6 Å². The number of nitrogens with two attached hydrogens (primary N) is 1. The van der Waals surface area contributed by atoms with Gasteiger partial charge in [0.15, 0.2) is 0 Å². The summed E-state index contributed by atoms with van der Waals surface area (Å²) in [5.41, 5.74) is 7.06. The molecular weight excluding hydrogens is 240 g/mol. The predicted molar refractivity (Wildman–Crippen MR) is 77.1 cm³/mol. The number of carbonyl (C=O) groups excluding carboxylic acids is 1. The number of hydrogen-bond donors (Lipinski definition) is 2. The van der Waals surface area contributed by atoms with Gasteiger partial charge in [0.1, 0.15) is 5.69 Å². The first-order chi connectivity index (χ1) is 9.01. The second-order valence-electron chi connectivity index (χ2n) is 5.55. The van der Waals surface area contributed by atoms with E-state index in [1.807, 2.05) is 17.7 Å².